The molecule has 0 aliphatic carbocycles. The fourth-order valence-corrected chi connectivity index (χ4v) is 2.57. The number of thiazole rings is 1. The summed E-state index contributed by atoms with van der Waals surface area (Å²) in [6.45, 7) is 0. The van der Waals surface area contributed by atoms with Gasteiger partial charge in [-0.3, -0.25) is 9.73 Å². The number of alkyl halides is 3. The van der Waals surface area contributed by atoms with Gasteiger partial charge in [-0.25, -0.2) is 18.8 Å². The van der Waals surface area contributed by atoms with Crippen LogP contribution in [0, 0.1) is 5.82 Å². The van der Waals surface area contributed by atoms with Crippen LogP contribution in [0.5, 0.6) is 0 Å². The molecular formula is C15H10BrF4N7O5S. The van der Waals surface area contributed by atoms with Crippen LogP contribution >= 0.6 is 27.3 Å². The molecule has 1 aromatic carbocycles. The average Bonchev–Trinajstić information content (AvgIpc) is 3.36. The fourth-order valence-electron chi connectivity index (χ4n) is 1.65. The van der Waals surface area contributed by atoms with E-state index in [1.807, 2.05) is 0 Å². The number of anilines is 3. The highest BCUT2D eigenvalue weighted by molar-refractivity contribution is 9.10. The van der Waals surface area contributed by atoms with Crippen LogP contribution in [0.15, 0.2) is 37.8 Å². The third kappa shape index (κ3) is 8.00. The predicted molar refractivity (Wildman–Crippen MR) is 109 cm³/mol. The molecule has 12 nitrogen and oxygen atoms in total. The first-order chi connectivity index (χ1) is 15.5. The van der Waals surface area contributed by atoms with Crippen molar-refractivity contribution >= 4 is 62.0 Å². The van der Waals surface area contributed by atoms with Gasteiger partial charge < -0.3 is 16.2 Å². The van der Waals surface area contributed by atoms with Crippen LogP contribution in [-0.4, -0.2) is 44.7 Å². The van der Waals surface area contributed by atoms with Gasteiger partial charge in [-0.05, 0) is 44.4 Å². The highest BCUT2D eigenvalue weighted by Crippen LogP contribution is 2.20. The molecule has 1 amide bonds. The summed E-state index contributed by atoms with van der Waals surface area (Å²) in [5.74, 6) is -3.67. The molecule has 0 saturated heterocycles. The zero-order chi connectivity index (χ0) is 24.6. The number of aromatic nitrogens is 3. The van der Waals surface area contributed by atoms with Crippen LogP contribution in [0.2, 0.25) is 0 Å². The van der Waals surface area contributed by atoms with Gasteiger partial charge in [0.1, 0.15) is 17.7 Å². The number of benzene rings is 1. The first kappa shape index (κ1) is 25.5. The summed E-state index contributed by atoms with van der Waals surface area (Å²) >= 11 is 4.18. The van der Waals surface area contributed by atoms with Gasteiger partial charge >= 0.3 is 12.1 Å². The van der Waals surface area contributed by atoms with Crippen molar-refractivity contribution in [1.29, 1.82) is 0 Å². The normalized spacial score (nSPS) is 10.9. The second-order valence-electron chi connectivity index (χ2n) is 5.38. The minimum atomic E-state index is -5.08. The predicted octanol–water partition coefficient (Wildman–Crippen LogP) is 3.27. The second kappa shape index (κ2) is 11.2. The molecule has 0 atom stereocenters. The molecule has 2 heterocycles. The van der Waals surface area contributed by atoms with E-state index >= 15 is 0 Å². The van der Waals surface area contributed by atoms with Crippen molar-refractivity contribution in [3.8, 4) is 0 Å². The summed E-state index contributed by atoms with van der Waals surface area (Å²) in [6.07, 6.45) is -3.92. The van der Waals surface area contributed by atoms with E-state index in [2.05, 4.69) is 51.8 Å². The lowest BCUT2D eigenvalue weighted by molar-refractivity contribution is -0.192. The maximum absolute atomic E-state index is 13.1. The number of aliphatic carboxylic acids is 1. The fraction of sp³-hybridized carbons (Fsp3) is 0.0667. The molecule has 3 rings (SSSR count). The number of hydrogen-bond donors (Lipinski definition) is 4. The zero-order valence-corrected chi connectivity index (χ0v) is 18.0. The Bertz CT molecular complexity index is 1150. The number of amides is 1. The number of oxime groups is 1. The highest BCUT2D eigenvalue weighted by Gasteiger charge is 2.38. The standard InChI is InChI=1S/C13H9BrFN7O3S.C2HF3O2/c14-7-3-6(1-2-8(7)15)20-24-17-4-9-11(22-25-21-9)19-12(23)10-5-26-13(16)18-10;3-2(4,5)1(6)7/h1-5,20H,(H2,16,18)(H,19,22,23);(H,6,7)/b17-4+;. The summed E-state index contributed by atoms with van der Waals surface area (Å²) < 4.78 is 49.7. The number of nitrogens with one attached hydrogen (secondary N) is 2. The first-order valence-corrected chi connectivity index (χ1v) is 9.70. The maximum atomic E-state index is 13.1. The Morgan fingerprint density at radius 3 is 2.61 bits per heavy atom. The molecule has 176 valence electrons. The summed E-state index contributed by atoms with van der Waals surface area (Å²) in [5, 5.41) is 22.1. The lowest BCUT2D eigenvalue weighted by atomic mass is 10.3. The van der Waals surface area contributed by atoms with Gasteiger partial charge in [0.15, 0.2) is 10.8 Å². The van der Waals surface area contributed by atoms with Crippen molar-refractivity contribution in [3.05, 3.63) is 45.3 Å². The molecule has 0 aliphatic heterocycles. The van der Waals surface area contributed by atoms with Gasteiger partial charge in [0.2, 0.25) is 5.82 Å². The lowest BCUT2D eigenvalue weighted by Crippen LogP contribution is -2.21. The monoisotopic (exact) mass is 555 g/mol. The maximum Gasteiger partial charge on any atom is 0.490 e. The van der Waals surface area contributed by atoms with Crippen molar-refractivity contribution in [2.75, 3.05) is 16.5 Å². The van der Waals surface area contributed by atoms with E-state index in [9.17, 15) is 22.4 Å². The number of halogens is 5. The van der Waals surface area contributed by atoms with Crippen LogP contribution in [-0.2, 0) is 9.73 Å². The van der Waals surface area contributed by atoms with Crippen LogP contribution in [0.25, 0.3) is 0 Å². The van der Waals surface area contributed by atoms with E-state index in [1.54, 1.807) is 0 Å². The SMILES string of the molecule is Nc1nc(C(=O)Nc2nonc2/C=N/ONc2ccc(F)c(Br)c2)cs1.O=C(O)C(F)(F)F. The Morgan fingerprint density at radius 1 is 1.33 bits per heavy atom. The number of nitrogens with zero attached hydrogens (tertiary/aromatic N) is 4. The zero-order valence-electron chi connectivity index (χ0n) is 15.6. The van der Waals surface area contributed by atoms with Gasteiger partial charge in [0.05, 0.1) is 10.2 Å². The first-order valence-electron chi connectivity index (χ1n) is 8.03. The van der Waals surface area contributed by atoms with E-state index in [0.29, 0.717) is 5.69 Å². The van der Waals surface area contributed by atoms with Crippen molar-refractivity contribution in [3.63, 3.8) is 0 Å². The van der Waals surface area contributed by atoms with E-state index in [-0.39, 0.29) is 26.8 Å². The van der Waals surface area contributed by atoms with Crippen LogP contribution in [0.4, 0.5) is 34.2 Å². The molecule has 18 heteroatoms. The molecule has 0 spiro atoms. The van der Waals surface area contributed by atoms with Crippen molar-refractivity contribution < 1.29 is 41.8 Å². The Labute approximate surface area is 192 Å². The minimum Gasteiger partial charge on any atom is -0.475 e. The highest BCUT2D eigenvalue weighted by atomic mass is 79.9. The number of rotatable bonds is 6. The van der Waals surface area contributed by atoms with E-state index in [1.165, 1.54) is 23.6 Å². The molecule has 5 N–H and O–H groups in total. The molecule has 0 bridgehead atoms. The van der Waals surface area contributed by atoms with Crippen molar-refractivity contribution in [1.82, 2.24) is 15.3 Å². The molecule has 3 aromatic rings. The molecule has 0 radical (unpaired) electrons. The minimum absolute atomic E-state index is 0.0263. The second-order valence-corrected chi connectivity index (χ2v) is 7.13. The molecule has 0 saturated carbocycles. The number of hydrogen-bond acceptors (Lipinski definition) is 11. The number of nitrogens with two attached hydrogens (primary N) is 1. The van der Waals surface area contributed by atoms with Crippen LogP contribution in [0.1, 0.15) is 16.2 Å². The summed E-state index contributed by atoms with van der Waals surface area (Å²) in [6, 6.07) is 4.17. The molecule has 0 unspecified atom stereocenters. The quantitative estimate of drug-likeness (QED) is 0.200. The van der Waals surface area contributed by atoms with Gasteiger partial charge in [-0.1, -0.05) is 5.16 Å². The summed E-state index contributed by atoms with van der Waals surface area (Å²) in [5.41, 5.74) is 8.67. The average molecular weight is 556 g/mol. The number of nitrogen functional groups attached to an aromatic ring is 1. The summed E-state index contributed by atoms with van der Waals surface area (Å²) in [4.78, 5) is 29.6. The van der Waals surface area contributed by atoms with Gasteiger partial charge in [0, 0.05) is 5.38 Å². The Balaban J connectivity index is 0.000000479. The molecule has 0 aliphatic rings. The molecule has 2 aromatic heterocycles. The number of carboxylic acids is 1. The molecule has 33 heavy (non-hydrogen) atoms. The van der Waals surface area contributed by atoms with Gasteiger partial charge in [-0.15, -0.1) is 11.3 Å². The van der Waals surface area contributed by atoms with Crippen LogP contribution in [0.3, 0.4) is 0 Å². The smallest absolute Gasteiger partial charge is 0.475 e. The van der Waals surface area contributed by atoms with E-state index in [4.69, 9.17) is 20.6 Å². The topological polar surface area (TPSA) is 178 Å². The largest absolute Gasteiger partial charge is 0.490 e. The third-order valence-electron chi connectivity index (χ3n) is 3.05. The van der Waals surface area contributed by atoms with Crippen molar-refractivity contribution in [2.24, 2.45) is 5.16 Å². The summed E-state index contributed by atoms with van der Waals surface area (Å²) in [7, 11) is 0. The third-order valence-corrected chi connectivity index (χ3v) is 4.34. The Hall–Kier alpha value is -3.80. The number of carbonyl (C=O) groups excluding carboxylic acids is 1. The molecular weight excluding hydrogens is 546 g/mol. The Kier molecular flexibility index (Phi) is 8.63. The van der Waals surface area contributed by atoms with Crippen LogP contribution < -0.4 is 16.5 Å². The van der Waals surface area contributed by atoms with E-state index in [0.717, 1.165) is 17.6 Å². The number of carboxylic acid groups (broad SMARTS) is 1. The lowest BCUT2D eigenvalue weighted by Gasteiger charge is -2.03. The Morgan fingerprint density at radius 2 is 2.03 bits per heavy atom. The van der Waals surface area contributed by atoms with Gasteiger partial charge in [-0.2, -0.15) is 18.7 Å². The van der Waals surface area contributed by atoms with E-state index < -0.39 is 23.9 Å². The van der Waals surface area contributed by atoms with Gasteiger partial charge in [0.25, 0.3) is 5.91 Å². The number of carbonyl (C=O) groups is 2. The van der Waals surface area contributed by atoms with Crippen molar-refractivity contribution in [2.45, 2.75) is 6.18 Å². The molecule has 0 fully saturated rings.